The van der Waals surface area contributed by atoms with Crippen LogP contribution in [0.3, 0.4) is 0 Å². The highest BCUT2D eigenvalue weighted by molar-refractivity contribution is 5.96. The normalized spacial score (nSPS) is 24.9. The Morgan fingerprint density at radius 2 is 2.13 bits per heavy atom. The number of hydrogen-bond acceptors (Lipinski definition) is 4. The first-order valence-corrected chi connectivity index (χ1v) is 4.57. The molecule has 2 N–H and O–H groups in total. The summed E-state index contributed by atoms with van der Waals surface area (Å²) >= 11 is 0. The highest BCUT2D eigenvalue weighted by Gasteiger charge is 2.49. The molecular weight excluding hydrogens is 202 g/mol. The van der Waals surface area contributed by atoms with Crippen molar-refractivity contribution in [1.29, 1.82) is 0 Å². The summed E-state index contributed by atoms with van der Waals surface area (Å²) in [6.45, 7) is 3.70. The molecule has 6 nitrogen and oxygen atoms in total. The van der Waals surface area contributed by atoms with E-state index < -0.39 is 24.0 Å². The van der Waals surface area contributed by atoms with Gasteiger partial charge >= 0.3 is 11.9 Å². The van der Waals surface area contributed by atoms with Gasteiger partial charge in [0.25, 0.3) is 0 Å². The van der Waals surface area contributed by atoms with Crippen LogP contribution >= 0.6 is 0 Å². The van der Waals surface area contributed by atoms with E-state index in [1.807, 2.05) is 13.8 Å². The molecule has 0 radical (unpaired) electrons. The molecule has 0 aromatic heterocycles. The van der Waals surface area contributed by atoms with Crippen molar-refractivity contribution in [3.8, 4) is 0 Å². The average molecular weight is 215 g/mol. The minimum absolute atomic E-state index is 0.0340. The highest BCUT2D eigenvalue weighted by atomic mass is 16.7. The van der Waals surface area contributed by atoms with Gasteiger partial charge in [0, 0.05) is 6.42 Å². The third-order valence-electron chi connectivity index (χ3n) is 2.30. The van der Waals surface area contributed by atoms with Crippen LogP contribution in [0.25, 0.3) is 0 Å². The fourth-order valence-electron chi connectivity index (χ4n) is 1.34. The van der Waals surface area contributed by atoms with Crippen molar-refractivity contribution in [2.45, 2.75) is 32.3 Å². The molecule has 0 amide bonds. The number of hydrogen-bond donors (Lipinski definition) is 2. The first-order valence-electron chi connectivity index (χ1n) is 4.57. The summed E-state index contributed by atoms with van der Waals surface area (Å²) in [6.07, 6.45) is -0.547. The molecule has 6 heteroatoms. The maximum absolute atomic E-state index is 11.0. The summed E-state index contributed by atoms with van der Waals surface area (Å²) in [5.74, 6) is -2.44. The molecule has 1 heterocycles. The van der Waals surface area contributed by atoms with Gasteiger partial charge in [0.05, 0.1) is 12.1 Å². The largest absolute Gasteiger partial charge is 0.481 e. The van der Waals surface area contributed by atoms with Crippen molar-refractivity contribution >= 4 is 17.7 Å². The van der Waals surface area contributed by atoms with E-state index in [-0.39, 0.29) is 12.3 Å². The van der Waals surface area contributed by atoms with Gasteiger partial charge in [0.1, 0.15) is 0 Å². The Morgan fingerprint density at radius 3 is 2.47 bits per heavy atom. The van der Waals surface area contributed by atoms with Crippen molar-refractivity contribution in [2.24, 2.45) is 11.1 Å². The van der Waals surface area contributed by atoms with Crippen LogP contribution in [0.2, 0.25) is 0 Å². The summed E-state index contributed by atoms with van der Waals surface area (Å²) in [5, 5.41) is 21.2. The Morgan fingerprint density at radius 1 is 1.53 bits per heavy atom. The van der Waals surface area contributed by atoms with E-state index >= 15 is 0 Å². The van der Waals surface area contributed by atoms with Crippen LogP contribution < -0.4 is 0 Å². The lowest BCUT2D eigenvalue weighted by atomic mass is 9.90. The second-order valence-electron chi connectivity index (χ2n) is 3.88. The predicted octanol–water partition coefficient (Wildman–Crippen LogP) is 0.717. The molecule has 0 spiro atoms. The van der Waals surface area contributed by atoms with E-state index in [9.17, 15) is 9.59 Å². The van der Waals surface area contributed by atoms with E-state index in [2.05, 4.69) is 5.16 Å². The minimum Gasteiger partial charge on any atom is -0.481 e. The number of oxime groups is 1. The molecule has 1 unspecified atom stereocenters. The topological polar surface area (TPSA) is 96.2 Å². The molecule has 0 aliphatic carbocycles. The minimum atomic E-state index is -1.72. The first-order chi connectivity index (χ1) is 6.87. The maximum atomic E-state index is 11.0. The molecule has 0 saturated heterocycles. The SMILES string of the molecule is CC(C)C1=NOC(CC(=O)O)(C(=O)O)C1. The lowest BCUT2D eigenvalue weighted by Gasteiger charge is -2.19. The van der Waals surface area contributed by atoms with Crippen molar-refractivity contribution in [2.75, 3.05) is 0 Å². The molecule has 1 rings (SSSR count). The second-order valence-corrected chi connectivity index (χ2v) is 3.88. The van der Waals surface area contributed by atoms with Gasteiger partial charge < -0.3 is 15.1 Å². The van der Waals surface area contributed by atoms with Crippen LogP contribution in [0.1, 0.15) is 26.7 Å². The van der Waals surface area contributed by atoms with E-state index in [1.54, 1.807) is 0 Å². The molecule has 1 aliphatic rings. The standard InChI is InChI=1S/C9H13NO5/c1-5(2)6-3-9(8(13)14,15-10-6)4-7(11)12/h5H,3-4H2,1-2H3,(H,11,12)(H,13,14). The number of rotatable bonds is 4. The Labute approximate surface area is 86.5 Å². The van der Waals surface area contributed by atoms with Crippen LogP contribution in [0.15, 0.2) is 5.16 Å². The third kappa shape index (κ3) is 2.26. The molecule has 0 bridgehead atoms. The lowest BCUT2D eigenvalue weighted by molar-refractivity contribution is -0.169. The molecule has 1 atom stereocenters. The summed E-state index contributed by atoms with van der Waals surface area (Å²) in [5.41, 5.74) is -1.13. The van der Waals surface area contributed by atoms with Crippen LogP contribution in [0.4, 0.5) is 0 Å². The summed E-state index contributed by atoms with van der Waals surface area (Å²) in [4.78, 5) is 26.3. The molecular formula is C9H13NO5. The Bertz CT molecular complexity index is 322. The molecule has 0 fully saturated rings. The van der Waals surface area contributed by atoms with E-state index in [1.165, 1.54) is 0 Å². The fourth-order valence-corrected chi connectivity index (χ4v) is 1.34. The van der Waals surface area contributed by atoms with E-state index in [0.29, 0.717) is 5.71 Å². The van der Waals surface area contributed by atoms with E-state index in [4.69, 9.17) is 15.1 Å². The number of carboxylic acid groups (broad SMARTS) is 2. The molecule has 0 saturated carbocycles. The predicted molar refractivity (Wildman–Crippen MR) is 50.6 cm³/mol. The van der Waals surface area contributed by atoms with Crippen LogP contribution in [0, 0.1) is 5.92 Å². The average Bonchev–Trinajstić information content (AvgIpc) is 2.48. The fraction of sp³-hybridized carbons (Fsp3) is 0.667. The molecule has 15 heavy (non-hydrogen) atoms. The Balaban J connectivity index is 2.82. The summed E-state index contributed by atoms with van der Waals surface area (Å²) in [6, 6.07) is 0. The van der Waals surface area contributed by atoms with E-state index in [0.717, 1.165) is 0 Å². The van der Waals surface area contributed by atoms with Crippen molar-refractivity contribution < 1.29 is 24.6 Å². The monoisotopic (exact) mass is 215 g/mol. The zero-order valence-electron chi connectivity index (χ0n) is 8.56. The smallest absolute Gasteiger partial charge is 0.351 e. The quantitative estimate of drug-likeness (QED) is 0.720. The van der Waals surface area contributed by atoms with Crippen LogP contribution in [0.5, 0.6) is 0 Å². The van der Waals surface area contributed by atoms with Gasteiger partial charge in [-0.3, -0.25) is 4.79 Å². The molecule has 0 aromatic carbocycles. The highest BCUT2D eigenvalue weighted by Crippen LogP contribution is 2.30. The van der Waals surface area contributed by atoms with Crippen molar-refractivity contribution in [3.63, 3.8) is 0 Å². The Hall–Kier alpha value is -1.59. The number of carboxylic acids is 2. The first kappa shape index (κ1) is 11.5. The molecule has 0 aromatic rings. The maximum Gasteiger partial charge on any atom is 0.351 e. The zero-order chi connectivity index (χ0) is 11.6. The lowest BCUT2D eigenvalue weighted by Crippen LogP contribution is -2.41. The van der Waals surface area contributed by atoms with Gasteiger partial charge in [-0.25, -0.2) is 4.79 Å². The van der Waals surface area contributed by atoms with Gasteiger partial charge in [-0.05, 0) is 5.92 Å². The van der Waals surface area contributed by atoms with Crippen molar-refractivity contribution in [3.05, 3.63) is 0 Å². The summed E-state index contributed by atoms with van der Waals surface area (Å²) < 4.78 is 0. The molecule has 84 valence electrons. The van der Waals surface area contributed by atoms with Gasteiger partial charge in [-0.2, -0.15) is 0 Å². The van der Waals surface area contributed by atoms with Gasteiger partial charge in [0.2, 0.25) is 5.60 Å². The van der Waals surface area contributed by atoms with Gasteiger partial charge in [-0.1, -0.05) is 19.0 Å². The van der Waals surface area contributed by atoms with Gasteiger partial charge in [0.15, 0.2) is 0 Å². The number of carbonyl (C=O) groups is 2. The van der Waals surface area contributed by atoms with Crippen LogP contribution in [-0.2, 0) is 14.4 Å². The number of aliphatic carboxylic acids is 2. The van der Waals surface area contributed by atoms with Crippen molar-refractivity contribution in [1.82, 2.24) is 0 Å². The summed E-state index contributed by atoms with van der Waals surface area (Å²) in [7, 11) is 0. The molecule has 1 aliphatic heterocycles. The van der Waals surface area contributed by atoms with Crippen LogP contribution in [-0.4, -0.2) is 33.5 Å². The zero-order valence-corrected chi connectivity index (χ0v) is 8.56. The second kappa shape index (κ2) is 3.88. The number of nitrogens with zero attached hydrogens (tertiary/aromatic N) is 1. The third-order valence-corrected chi connectivity index (χ3v) is 2.30. The van der Waals surface area contributed by atoms with Gasteiger partial charge in [-0.15, -0.1) is 0 Å². The Kier molecular flexibility index (Phi) is 2.97.